The fourth-order valence-electron chi connectivity index (χ4n) is 5.13. The summed E-state index contributed by atoms with van der Waals surface area (Å²) in [7, 11) is 0. The molecule has 0 aromatic heterocycles. The topological polar surface area (TPSA) is 55.1 Å². The van der Waals surface area contributed by atoms with Crippen LogP contribution in [0.4, 0.5) is 5.69 Å². The molecule has 0 aliphatic heterocycles. The van der Waals surface area contributed by atoms with E-state index in [1.807, 2.05) is 0 Å². The number of benzene rings is 1. The van der Waals surface area contributed by atoms with E-state index in [1.54, 1.807) is 18.2 Å². The molecule has 4 fully saturated rings. The Bertz CT molecular complexity index is 558. The number of halogens is 1. The van der Waals surface area contributed by atoms with Crippen molar-refractivity contribution >= 4 is 23.2 Å². The van der Waals surface area contributed by atoms with Crippen molar-refractivity contribution in [1.29, 1.82) is 0 Å². The molecule has 0 saturated heterocycles. The maximum Gasteiger partial charge on any atom is 0.248 e. The molecule has 4 bridgehead atoms. The van der Waals surface area contributed by atoms with Gasteiger partial charge in [0, 0.05) is 11.6 Å². The van der Waals surface area contributed by atoms with Gasteiger partial charge in [-0.2, -0.15) is 0 Å². The molecule has 112 valence electrons. The minimum absolute atomic E-state index is 0.403. The molecule has 5 rings (SSSR count). The van der Waals surface area contributed by atoms with Crippen LogP contribution in [0.2, 0.25) is 5.02 Å². The summed E-state index contributed by atoms with van der Waals surface area (Å²) < 4.78 is 0. The van der Waals surface area contributed by atoms with Crippen LogP contribution in [0.25, 0.3) is 0 Å². The predicted molar refractivity (Wildman–Crippen MR) is 84.4 cm³/mol. The van der Waals surface area contributed by atoms with Crippen molar-refractivity contribution in [2.45, 2.75) is 38.1 Å². The number of primary amides is 1. The first-order valence-corrected chi connectivity index (χ1v) is 8.34. The molecule has 0 radical (unpaired) electrons. The van der Waals surface area contributed by atoms with Gasteiger partial charge in [-0.05, 0) is 74.0 Å². The Hall–Kier alpha value is -1.22. The number of nitrogens with one attached hydrogen (secondary N) is 1. The van der Waals surface area contributed by atoms with Crippen molar-refractivity contribution in [2.24, 2.45) is 29.4 Å². The first kappa shape index (κ1) is 13.4. The highest BCUT2D eigenvalue weighted by atomic mass is 35.5. The average Bonchev–Trinajstić information content (AvgIpc) is 2.43. The normalized spacial score (nSPS) is 36.7. The van der Waals surface area contributed by atoms with Gasteiger partial charge in [-0.3, -0.25) is 4.79 Å². The molecule has 0 unspecified atom stereocenters. The maximum absolute atomic E-state index is 11.4. The SMILES string of the molecule is NC(=O)c1ccc(Cl)c(NC2C3CC4CC(C3)CC2C4)c1. The second kappa shape index (κ2) is 4.91. The third kappa shape index (κ3) is 2.32. The van der Waals surface area contributed by atoms with Gasteiger partial charge in [-0.25, -0.2) is 0 Å². The van der Waals surface area contributed by atoms with Crippen molar-refractivity contribution in [3.8, 4) is 0 Å². The Kier molecular flexibility index (Phi) is 3.14. The molecule has 3 nitrogen and oxygen atoms in total. The lowest BCUT2D eigenvalue weighted by Gasteiger charge is -2.54. The smallest absolute Gasteiger partial charge is 0.248 e. The number of hydrogen-bond acceptors (Lipinski definition) is 2. The van der Waals surface area contributed by atoms with Crippen molar-refractivity contribution in [2.75, 3.05) is 5.32 Å². The van der Waals surface area contributed by atoms with E-state index < -0.39 is 5.91 Å². The maximum atomic E-state index is 11.4. The van der Waals surface area contributed by atoms with Gasteiger partial charge in [0.2, 0.25) is 5.91 Å². The molecule has 1 aromatic rings. The van der Waals surface area contributed by atoms with E-state index in [1.165, 1.54) is 32.1 Å². The lowest BCUT2D eigenvalue weighted by Crippen LogP contribution is -2.51. The van der Waals surface area contributed by atoms with Crippen LogP contribution in [-0.2, 0) is 0 Å². The van der Waals surface area contributed by atoms with Crippen LogP contribution in [0.15, 0.2) is 18.2 Å². The Balaban J connectivity index is 1.59. The van der Waals surface area contributed by atoms with Crippen LogP contribution < -0.4 is 11.1 Å². The summed E-state index contributed by atoms with van der Waals surface area (Å²) in [6.07, 6.45) is 6.89. The molecule has 4 saturated carbocycles. The third-order valence-corrected chi connectivity index (χ3v) is 6.13. The average molecular weight is 305 g/mol. The molecule has 0 heterocycles. The number of anilines is 1. The summed E-state index contributed by atoms with van der Waals surface area (Å²) in [5.74, 6) is 3.06. The van der Waals surface area contributed by atoms with E-state index in [2.05, 4.69) is 5.32 Å². The zero-order valence-corrected chi connectivity index (χ0v) is 12.8. The Morgan fingerprint density at radius 1 is 1.10 bits per heavy atom. The number of nitrogens with two attached hydrogens (primary N) is 1. The largest absolute Gasteiger partial charge is 0.381 e. The lowest BCUT2D eigenvalue weighted by atomic mass is 9.54. The molecular formula is C17H21ClN2O. The van der Waals surface area contributed by atoms with Gasteiger partial charge in [0.25, 0.3) is 0 Å². The van der Waals surface area contributed by atoms with Gasteiger partial charge >= 0.3 is 0 Å². The van der Waals surface area contributed by atoms with Gasteiger partial charge in [0.15, 0.2) is 0 Å². The van der Waals surface area contributed by atoms with Crippen molar-refractivity contribution in [3.63, 3.8) is 0 Å². The van der Waals surface area contributed by atoms with Crippen LogP contribution in [0.5, 0.6) is 0 Å². The highest BCUT2D eigenvalue weighted by molar-refractivity contribution is 6.33. The van der Waals surface area contributed by atoms with E-state index in [0.29, 0.717) is 16.6 Å². The molecular weight excluding hydrogens is 284 g/mol. The molecule has 4 heteroatoms. The monoisotopic (exact) mass is 304 g/mol. The van der Waals surface area contributed by atoms with E-state index in [9.17, 15) is 4.79 Å². The zero-order chi connectivity index (χ0) is 14.6. The first-order valence-electron chi connectivity index (χ1n) is 7.96. The number of amides is 1. The predicted octanol–water partition coefficient (Wildman–Crippen LogP) is 3.68. The standard InChI is InChI=1S/C17H21ClN2O/c18-14-2-1-11(17(19)21)8-15(14)20-16-12-4-9-3-10(6-12)7-13(16)5-9/h1-2,8-10,12-13,16,20H,3-7H2,(H2,19,21). The summed E-state index contributed by atoms with van der Waals surface area (Å²) in [5.41, 5.74) is 6.76. The van der Waals surface area contributed by atoms with Gasteiger partial charge in [0.05, 0.1) is 10.7 Å². The molecule has 21 heavy (non-hydrogen) atoms. The summed E-state index contributed by atoms with van der Waals surface area (Å²) in [6.45, 7) is 0. The van der Waals surface area contributed by atoms with E-state index in [0.717, 1.165) is 29.4 Å². The molecule has 3 N–H and O–H groups in total. The molecule has 4 aliphatic rings. The van der Waals surface area contributed by atoms with Crippen molar-refractivity contribution in [3.05, 3.63) is 28.8 Å². The number of carbonyl (C=O) groups excluding carboxylic acids is 1. The van der Waals surface area contributed by atoms with Crippen LogP contribution >= 0.6 is 11.6 Å². The summed E-state index contributed by atoms with van der Waals surface area (Å²) in [4.78, 5) is 11.4. The number of hydrogen-bond donors (Lipinski definition) is 2. The van der Waals surface area contributed by atoms with E-state index in [-0.39, 0.29) is 0 Å². The first-order chi connectivity index (χ1) is 10.1. The quantitative estimate of drug-likeness (QED) is 0.895. The Labute approximate surface area is 130 Å². The fourth-order valence-corrected chi connectivity index (χ4v) is 5.30. The summed E-state index contributed by atoms with van der Waals surface area (Å²) >= 11 is 6.30. The van der Waals surface area contributed by atoms with E-state index >= 15 is 0 Å². The highest BCUT2D eigenvalue weighted by Gasteiger charge is 2.48. The minimum atomic E-state index is -0.403. The van der Waals surface area contributed by atoms with Gasteiger partial charge in [-0.1, -0.05) is 11.6 Å². The molecule has 0 spiro atoms. The molecule has 1 amide bonds. The zero-order valence-electron chi connectivity index (χ0n) is 12.0. The van der Waals surface area contributed by atoms with Crippen LogP contribution in [0, 0.1) is 23.7 Å². The Morgan fingerprint density at radius 3 is 2.29 bits per heavy atom. The fraction of sp³-hybridized carbons (Fsp3) is 0.588. The molecule has 0 atom stereocenters. The Morgan fingerprint density at radius 2 is 1.71 bits per heavy atom. The summed E-state index contributed by atoms with van der Waals surface area (Å²) in [5, 5.41) is 4.32. The molecule has 1 aromatic carbocycles. The van der Waals surface area contributed by atoms with Crippen LogP contribution in [-0.4, -0.2) is 11.9 Å². The van der Waals surface area contributed by atoms with Crippen LogP contribution in [0.3, 0.4) is 0 Å². The van der Waals surface area contributed by atoms with E-state index in [4.69, 9.17) is 17.3 Å². The minimum Gasteiger partial charge on any atom is -0.381 e. The number of carbonyl (C=O) groups is 1. The van der Waals surface area contributed by atoms with Crippen molar-refractivity contribution < 1.29 is 4.79 Å². The lowest BCUT2D eigenvalue weighted by molar-refractivity contribution is 0.00754. The second-order valence-corrected chi connectivity index (χ2v) is 7.57. The van der Waals surface area contributed by atoms with Gasteiger partial charge < -0.3 is 11.1 Å². The third-order valence-electron chi connectivity index (χ3n) is 5.80. The molecule has 4 aliphatic carbocycles. The summed E-state index contributed by atoms with van der Waals surface area (Å²) in [6, 6.07) is 5.76. The van der Waals surface area contributed by atoms with Gasteiger partial charge in [0.1, 0.15) is 0 Å². The second-order valence-electron chi connectivity index (χ2n) is 7.16. The van der Waals surface area contributed by atoms with Crippen molar-refractivity contribution in [1.82, 2.24) is 0 Å². The van der Waals surface area contributed by atoms with Crippen LogP contribution in [0.1, 0.15) is 42.5 Å². The number of rotatable bonds is 3. The highest BCUT2D eigenvalue weighted by Crippen LogP contribution is 2.54. The van der Waals surface area contributed by atoms with Gasteiger partial charge in [-0.15, -0.1) is 0 Å².